The van der Waals surface area contributed by atoms with Crippen LogP contribution in [-0.2, 0) is 0 Å². The number of ether oxygens (including phenoxy) is 2. The summed E-state index contributed by atoms with van der Waals surface area (Å²) in [6.45, 7) is 8.75. The van der Waals surface area contributed by atoms with Crippen LogP contribution in [0.4, 0.5) is 5.82 Å². The van der Waals surface area contributed by atoms with Crippen molar-refractivity contribution in [3.63, 3.8) is 0 Å². The summed E-state index contributed by atoms with van der Waals surface area (Å²) >= 11 is 14.5. The summed E-state index contributed by atoms with van der Waals surface area (Å²) in [7, 11) is 4.84. The maximum atomic E-state index is 6.51. The average molecular weight is 483 g/mol. The maximum Gasteiger partial charge on any atom is 0.187 e. The van der Waals surface area contributed by atoms with E-state index in [1.54, 1.807) is 19.3 Å². The van der Waals surface area contributed by atoms with Crippen LogP contribution in [0.2, 0.25) is 10.0 Å². The molecule has 0 spiro atoms. The fraction of sp³-hybridized carbons (Fsp3) is 0.409. The summed E-state index contributed by atoms with van der Waals surface area (Å²) < 4.78 is 10.7. The minimum Gasteiger partial charge on any atom is -0.495 e. The van der Waals surface area contributed by atoms with E-state index < -0.39 is 0 Å². The van der Waals surface area contributed by atoms with Gasteiger partial charge in [-0.1, -0.05) is 62.7 Å². The van der Waals surface area contributed by atoms with Crippen molar-refractivity contribution in [2.24, 2.45) is 5.41 Å². The fourth-order valence-electron chi connectivity index (χ4n) is 2.53. The van der Waals surface area contributed by atoms with Gasteiger partial charge in [-0.3, -0.25) is 0 Å². The molecule has 0 amide bonds. The van der Waals surface area contributed by atoms with Crippen LogP contribution in [0.3, 0.4) is 0 Å². The van der Waals surface area contributed by atoms with Crippen molar-refractivity contribution in [2.45, 2.75) is 32.9 Å². The third kappa shape index (κ3) is 6.28. The Hall–Kier alpha value is -1.96. The van der Waals surface area contributed by atoms with Gasteiger partial charge in [0, 0.05) is 30.3 Å². The zero-order valence-electron chi connectivity index (χ0n) is 19.1. The van der Waals surface area contributed by atoms with Gasteiger partial charge in [0.25, 0.3) is 0 Å². The SMILES string of the molecule is CC(C)(C)C.CNc1nc(-c2c(Cl)c(OC)cc(OC)c2Cl)cc2cnc(SC)nc12. The van der Waals surface area contributed by atoms with Gasteiger partial charge in [-0.05, 0) is 17.7 Å². The topological polar surface area (TPSA) is 69.2 Å². The van der Waals surface area contributed by atoms with Crippen LogP contribution in [0, 0.1) is 5.41 Å². The first-order valence-corrected chi connectivity index (χ1v) is 11.5. The van der Waals surface area contributed by atoms with Gasteiger partial charge in [0.1, 0.15) is 17.0 Å². The second-order valence-corrected chi connectivity index (χ2v) is 9.71. The molecule has 0 bridgehead atoms. The molecule has 1 aromatic carbocycles. The van der Waals surface area contributed by atoms with E-state index in [2.05, 4.69) is 48.0 Å². The summed E-state index contributed by atoms with van der Waals surface area (Å²) in [5.74, 6) is 1.50. The summed E-state index contributed by atoms with van der Waals surface area (Å²) in [4.78, 5) is 13.5. The Morgan fingerprint density at radius 3 is 1.97 bits per heavy atom. The highest BCUT2D eigenvalue weighted by molar-refractivity contribution is 7.98. The van der Waals surface area contributed by atoms with Crippen molar-refractivity contribution in [3.05, 3.63) is 28.4 Å². The van der Waals surface area contributed by atoms with Crippen LogP contribution in [0.5, 0.6) is 11.5 Å². The zero-order valence-corrected chi connectivity index (χ0v) is 21.4. The molecule has 1 N–H and O–H groups in total. The number of methoxy groups -OCH3 is 2. The van der Waals surface area contributed by atoms with Crippen LogP contribution in [-0.4, -0.2) is 42.5 Å². The number of aromatic nitrogens is 3. The van der Waals surface area contributed by atoms with Crippen molar-refractivity contribution in [1.29, 1.82) is 0 Å². The molecule has 0 atom stereocenters. The number of thioether (sulfide) groups is 1. The van der Waals surface area contributed by atoms with E-state index in [0.29, 0.717) is 49.2 Å². The van der Waals surface area contributed by atoms with Crippen molar-refractivity contribution in [1.82, 2.24) is 15.0 Å². The predicted octanol–water partition coefficient (Wildman–Crippen LogP) is 6.83. The largest absolute Gasteiger partial charge is 0.495 e. The molecule has 3 aromatic rings. The number of anilines is 1. The quantitative estimate of drug-likeness (QED) is 0.315. The highest BCUT2D eigenvalue weighted by atomic mass is 35.5. The molecule has 0 saturated heterocycles. The molecule has 0 radical (unpaired) electrons. The molecule has 168 valence electrons. The summed E-state index contributed by atoms with van der Waals surface area (Å²) in [6.07, 6.45) is 3.67. The minimum absolute atomic E-state index is 0.355. The van der Waals surface area contributed by atoms with Crippen molar-refractivity contribution in [3.8, 4) is 22.8 Å². The lowest BCUT2D eigenvalue weighted by atomic mass is 10.0. The van der Waals surface area contributed by atoms with Crippen LogP contribution in [0.1, 0.15) is 27.7 Å². The molecule has 2 aromatic heterocycles. The molecule has 0 fully saturated rings. The number of fused-ring (bicyclic) bond motifs is 1. The third-order valence-corrected chi connectivity index (χ3v) is 5.11. The molecular weight excluding hydrogens is 455 g/mol. The second-order valence-electron chi connectivity index (χ2n) is 8.18. The van der Waals surface area contributed by atoms with Crippen LogP contribution in [0.25, 0.3) is 22.2 Å². The Labute approximate surface area is 198 Å². The molecule has 9 heteroatoms. The Balaban J connectivity index is 0.000000614. The van der Waals surface area contributed by atoms with E-state index in [1.165, 1.54) is 26.0 Å². The molecule has 6 nitrogen and oxygen atoms in total. The van der Waals surface area contributed by atoms with Gasteiger partial charge < -0.3 is 14.8 Å². The molecule has 3 rings (SSSR count). The zero-order chi connectivity index (χ0) is 23.3. The molecule has 2 heterocycles. The molecule has 0 aliphatic heterocycles. The van der Waals surface area contributed by atoms with Crippen LogP contribution >= 0.6 is 35.0 Å². The number of pyridine rings is 1. The second kappa shape index (κ2) is 10.6. The number of hydrogen-bond acceptors (Lipinski definition) is 7. The number of benzene rings is 1. The van der Waals surface area contributed by atoms with E-state index in [0.717, 1.165) is 10.9 Å². The molecular formula is C22H28Cl2N4O2S. The van der Waals surface area contributed by atoms with Gasteiger partial charge in [0.05, 0.1) is 30.0 Å². The summed E-state index contributed by atoms with van der Waals surface area (Å²) in [6, 6.07) is 3.48. The Bertz CT molecular complexity index is 1040. The first kappa shape index (κ1) is 25.3. The predicted molar refractivity (Wildman–Crippen MR) is 132 cm³/mol. The number of rotatable bonds is 5. The number of nitrogens with zero attached hydrogens (tertiary/aromatic N) is 3. The Morgan fingerprint density at radius 2 is 1.52 bits per heavy atom. The Morgan fingerprint density at radius 1 is 0.968 bits per heavy atom. The molecule has 31 heavy (non-hydrogen) atoms. The maximum absolute atomic E-state index is 6.51. The van der Waals surface area contributed by atoms with Gasteiger partial charge in [-0.2, -0.15) is 0 Å². The number of nitrogens with one attached hydrogen (secondary N) is 1. The minimum atomic E-state index is 0.355. The van der Waals surface area contributed by atoms with E-state index >= 15 is 0 Å². The van der Waals surface area contributed by atoms with Crippen molar-refractivity contribution in [2.75, 3.05) is 32.8 Å². The van der Waals surface area contributed by atoms with E-state index in [4.69, 9.17) is 32.7 Å². The van der Waals surface area contributed by atoms with Gasteiger partial charge in [0.15, 0.2) is 11.0 Å². The number of hydrogen-bond donors (Lipinski definition) is 1. The lowest BCUT2D eigenvalue weighted by molar-refractivity contribution is 0.395. The summed E-state index contributed by atoms with van der Waals surface area (Å²) in [5.41, 5.74) is 2.31. The molecule has 0 unspecified atom stereocenters. The normalized spacial score (nSPS) is 11.0. The first-order chi connectivity index (χ1) is 14.5. The van der Waals surface area contributed by atoms with E-state index in [9.17, 15) is 0 Å². The first-order valence-electron chi connectivity index (χ1n) is 9.53. The molecule has 0 aliphatic rings. The van der Waals surface area contributed by atoms with Crippen molar-refractivity contribution >= 4 is 51.7 Å². The van der Waals surface area contributed by atoms with E-state index in [1.807, 2.05) is 12.3 Å². The number of halogens is 2. The van der Waals surface area contributed by atoms with Crippen LogP contribution in [0.15, 0.2) is 23.5 Å². The molecule has 0 saturated carbocycles. The molecule has 0 aliphatic carbocycles. The van der Waals surface area contributed by atoms with Gasteiger partial charge in [0.2, 0.25) is 0 Å². The van der Waals surface area contributed by atoms with Crippen LogP contribution < -0.4 is 14.8 Å². The standard InChI is InChI=1S/C17H16Cl2N4O2S.C5H12/c1-20-16-15-8(7-21-17(23-15)26-4)5-9(22-16)12-13(18)10(24-2)6-11(25-3)14(12)19;1-5(2,3)4/h5-7H,1-4H3,(H,20,22);1-4H3. The van der Waals surface area contributed by atoms with Crippen molar-refractivity contribution < 1.29 is 9.47 Å². The smallest absolute Gasteiger partial charge is 0.187 e. The monoisotopic (exact) mass is 482 g/mol. The lowest BCUT2D eigenvalue weighted by Gasteiger charge is -2.15. The fourth-order valence-corrected chi connectivity index (χ4v) is 3.57. The third-order valence-electron chi connectivity index (χ3n) is 3.79. The van der Waals surface area contributed by atoms with Gasteiger partial charge in [-0.15, -0.1) is 0 Å². The highest BCUT2D eigenvalue weighted by Crippen LogP contribution is 2.46. The lowest BCUT2D eigenvalue weighted by Crippen LogP contribution is -2.00. The highest BCUT2D eigenvalue weighted by Gasteiger charge is 2.21. The van der Waals surface area contributed by atoms with E-state index in [-0.39, 0.29) is 0 Å². The average Bonchev–Trinajstić information content (AvgIpc) is 2.72. The van der Waals surface area contributed by atoms with Gasteiger partial charge >= 0.3 is 0 Å². The Kier molecular flexibility index (Phi) is 8.63. The van der Waals surface area contributed by atoms with Gasteiger partial charge in [-0.25, -0.2) is 15.0 Å². The summed E-state index contributed by atoms with van der Waals surface area (Å²) in [5, 5.41) is 5.26.